The first-order valence-corrected chi connectivity index (χ1v) is 7.97. The fourth-order valence-corrected chi connectivity index (χ4v) is 2.50. The Bertz CT molecular complexity index is 253. The van der Waals surface area contributed by atoms with Crippen molar-refractivity contribution in [3.63, 3.8) is 0 Å². The van der Waals surface area contributed by atoms with E-state index in [0.29, 0.717) is 19.8 Å². The first-order chi connectivity index (χ1) is 10.1. The first kappa shape index (κ1) is 18.8. The molecule has 21 heavy (non-hydrogen) atoms. The molecule has 6 nitrogen and oxygen atoms in total. The van der Waals surface area contributed by atoms with Crippen LogP contribution in [0.25, 0.3) is 0 Å². The molecule has 3 N–H and O–H groups in total. The topological polar surface area (TPSA) is 88.4 Å². The predicted molar refractivity (Wildman–Crippen MR) is 78.1 cm³/mol. The molecule has 1 rings (SSSR count). The molecule has 0 aromatic carbocycles. The lowest BCUT2D eigenvalue weighted by Crippen LogP contribution is -2.65. The van der Waals surface area contributed by atoms with Crippen molar-refractivity contribution in [3.8, 4) is 0 Å². The molecule has 0 heterocycles. The van der Waals surface area contributed by atoms with Crippen LogP contribution in [0.5, 0.6) is 0 Å². The molecule has 0 bridgehead atoms. The summed E-state index contributed by atoms with van der Waals surface area (Å²) in [7, 11) is 0. The van der Waals surface area contributed by atoms with Gasteiger partial charge in [0, 0.05) is 19.8 Å². The zero-order chi connectivity index (χ0) is 15.8. The van der Waals surface area contributed by atoms with Gasteiger partial charge < -0.3 is 29.5 Å². The van der Waals surface area contributed by atoms with Gasteiger partial charge in [-0.15, -0.1) is 0 Å². The van der Waals surface area contributed by atoms with Gasteiger partial charge in [-0.2, -0.15) is 0 Å². The fraction of sp³-hybridized carbons (Fsp3) is 1.00. The Morgan fingerprint density at radius 2 is 0.905 bits per heavy atom. The third-order valence-electron chi connectivity index (χ3n) is 3.56. The second kappa shape index (κ2) is 9.71. The molecule has 126 valence electrons. The van der Waals surface area contributed by atoms with Crippen LogP contribution in [0, 0.1) is 0 Å². The summed E-state index contributed by atoms with van der Waals surface area (Å²) in [6, 6.07) is 0. The highest BCUT2D eigenvalue weighted by Gasteiger charge is 2.51. The summed E-state index contributed by atoms with van der Waals surface area (Å²) in [5.74, 6) is 0. The molecule has 2 unspecified atom stereocenters. The highest BCUT2D eigenvalue weighted by molar-refractivity contribution is 5.01. The minimum atomic E-state index is -1.30. The zero-order valence-electron chi connectivity index (χ0n) is 13.3. The molecule has 1 aliphatic carbocycles. The van der Waals surface area contributed by atoms with E-state index in [9.17, 15) is 15.3 Å². The van der Waals surface area contributed by atoms with Crippen molar-refractivity contribution in [2.24, 2.45) is 0 Å². The maximum atomic E-state index is 10.2. The summed E-state index contributed by atoms with van der Waals surface area (Å²) in [6.07, 6.45) is -3.25. The summed E-state index contributed by atoms with van der Waals surface area (Å²) in [4.78, 5) is 0. The summed E-state index contributed by atoms with van der Waals surface area (Å²) in [6.45, 7) is 7.31. The van der Waals surface area contributed by atoms with Gasteiger partial charge in [0.25, 0.3) is 0 Å². The SMILES string of the molecule is CCCOC1[C@@H](OCCC)[C@H](O)C(O)[C@@H](O)[C@H]1OCCC. The van der Waals surface area contributed by atoms with Gasteiger partial charge in [-0.05, 0) is 19.3 Å². The quantitative estimate of drug-likeness (QED) is 0.574. The average molecular weight is 306 g/mol. The summed E-state index contributed by atoms with van der Waals surface area (Å²) < 4.78 is 17.1. The van der Waals surface area contributed by atoms with Crippen LogP contribution in [-0.2, 0) is 14.2 Å². The molecular weight excluding hydrogens is 276 g/mol. The van der Waals surface area contributed by atoms with Crippen LogP contribution in [0.3, 0.4) is 0 Å². The summed E-state index contributed by atoms with van der Waals surface area (Å²) in [5, 5.41) is 30.4. The van der Waals surface area contributed by atoms with E-state index in [2.05, 4.69) is 0 Å². The van der Waals surface area contributed by atoms with Gasteiger partial charge in [-0.3, -0.25) is 0 Å². The standard InChI is InChI=1S/C15H30O6/c1-4-7-19-13-11(17)10(16)12(18)14(20-8-5-2)15(13)21-9-6-3/h10-18H,4-9H2,1-3H3/t10?,11-,12-,13-,14+,15?/m1/s1. The van der Waals surface area contributed by atoms with Gasteiger partial charge in [0.05, 0.1) is 0 Å². The Hall–Kier alpha value is -0.240. The van der Waals surface area contributed by atoms with Crippen molar-refractivity contribution < 1.29 is 29.5 Å². The molecule has 0 saturated heterocycles. The Morgan fingerprint density at radius 3 is 1.24 bits per heavy atom. The molecule has 1 aliphatic rings. The smallest absolute Gasteiger partial charge is 0.115 e. The number of aliphatic hydroxyl groups excluding tert-OH is 3. The van der Waals surface area contributed by atoms with E-state index in [1.54, 1.807) is 0 Å². The van der Waals surface area contributed by atoms with E-state index in [0.717, 1.165) is 19.3 Å². The number of rotatable bonds is 9. The summed E-state index contributed by atoms with van der Waals surface area (Å²) >= 11 is 0. The molecule has 0 aromatic rings. The van der Waals surface area contributed by atoms with E-state index >= 15 is 0 Å². The number of aliphatic hydroxyl groups is 3. The van der Waals surface area contributed by atoms with Crippen molar-refractivity contribution in [2.75, 3.05) is 19.8 Å². The average Bonchev–Trinajstić information content (AvgIpc) is 2.49. The molecular formula is C15H30O6. The minimum absolute atomic E-state index is 0.455. The predicted octanol–water partition coefficient (Wildman–Crippen LogP) is 0.468. The third kappa shape index (κ3) is 4.87. The maximum Gasteiger partial charge on any atom is 0.115 e. The normalized spacial score (nSPS) is 36.9. The van der Waals surface area contributed by atoms with Crippen LogP contribution >= 0.6 is 0 Å². The highest BCUT2D eigenvalue weighted by atomic mass is 16.6. The third-order valence-corrected chi connectivity index (χ3v) is 3.56. The van der Waals surface area contributed by atoms with Crippen LogP contribution in [0.15, 0.2) is 0 Å². The second-order valence-electron chi connectivity index (χ2n) is 5.48. The van der Waals surface area contributed by atoms with E-state index in [1.165, 1.54) is 0 Å². The van der Waals surface area contributed by atoms with Crippen molar-refractivity contribution in [1.29, 1.82) is 0 Å². The molecule has 0 spiro atoms. The lowest BCUT2D eigenvalue weighted by Gasteiger charge is -2.45. The molecule has 6 atom stereocenters. The molecule has 6 heteroatoms. The van der Waals surface area contributed by atoms with Crippen LogP contribution in [-0.4, -0.2) is 71.8 Å². The second-order valence-corrected chi connectivity index (χ2v) is 5.48. The zero-order valence-corrected chi connectivity index (χ0v) is 13.3. The minimum Gasteiger partial charge on any atom is -0.387 e. The monoisotopic (exact) mass is 306 g/mol. The molecule has 1 saturated carbocycles. The Labute approximate surface area is 127 Å². The van der Waals surface area contributed by atoms with Crippen LogP contribution in [0.1, 0.15) is 40.0 Å². The van der Waals surface area contributed by atoms with Crippen molar-refractivity contribution in [3.05, 3.63) is 0 Å². The number of hydrogen-bond acceptors (Lipinski definition) is 6. The lowest BCUT2D eigenvalue weighted by atomic mass is 9.84. The molecule has 0 aliphatic heterocycles. The molecule has 0 amide bonds. The van der Waals surface area contributed by atoms with Gasteiger partial charge in [-0.25, -0.2) is 0 Å². The van der Waals surface area contributed by atoms with Crippen molar-refractivity contribution >= 4 is 0 Å². The van der Waals surface area contributed by atoms with E-state index < -0.39 is 36.6 Å². The Morgan fingerprint density at radius 1 is 0.571 bits per heavy atom. The fourth-order valence-electron chi connectivity index (χ4n) is 2.50. The van der Waals surface area contributed by atoms with Crippen molar-refractivity contribution in [2.45, 2.75) is 76.7 Å². The highest BCUT2D eigenvalue weighted by Crippen LogP contribution is 2.28. The molecule has 0 aromatic heterocycles. The summed E-state index contributed by atoms with van der Waals surface area (Å²) in [5.41, 5.74) is 0. The maximum absolute atomic E-state index is 10.2. The largest absolute Gasteiger partial charge is 0.387 e. The van der Waals surface area contributed by atoms with Crippen LogP contribution in [0.2, 0.25) is 0 Å². The van der Waals surface area contributed by atoms with Gasteiger partial charge >= 0.3 is 0 Å². The van der Waals surface area contributed by atoms with Crippen LogP contribution in [0.4, 0.5) is 0 Å². The van der Waals surface area contributed by atoms with Crippen LogP contribution < -0.4 is 0 Å². The molecule has 1 fully saturated rings. The van der Waals surface area contributed by atoms with Crippen molar-refractivity contribution in [1.82, 2.24) is 0 Å². The van der Waals surface area contributed by atoms with E-state index in [4.69, 9.17) is 14.2 Å². The Balaban J connectivity index is 2.87. The van der Waals surface area contributed by atoms with E-state index in [1.807, 2.05) is 20.8 Å². The number of ether oxygens (including phenoxy) is 3. The van der Waals surface area contributed by atoms with Gasteiger partial charge in [0.15, 0.2) is 0 Å². The first-order valence-electron chi connectivity index (χ1n) is 7.97. The molecule has 0 radical (unpaired) electrons. The Kier molecular flexibility index (Phi) is 8.70. The van der Waals surface area contributed by atoms with Gasteiger partial charge in [0.1, 0.15) is 36.6 Å². The number of hydrogen-bond donors (Lipinski definition) is 3. The lowest BCUT2D eigenvalue weighted by molar-refractivity contribution is -0.256. The van der Waals surface area contributed by atoms with Gasteiger partial charge in [0.2, 0.25) is 0 Å². The van der Waals surface area contributed by atoms with E-state index in [-0.39, 0.29) is 0 Å². The van der Waals surface area contributed by atoms with Gasteiger partial charge in [-0.1, -0.05) is 20.8 Å².